The van der Waals surface area contributed by atoms with Crippen LogP contribution in [-0.2, 0) is 11.2 Å². The van der Waals surface area contributed by atoms with E-state index in [0.717, 1.165) is 17.7 Å². The Hall–Kier alpha value is -1.51. The predicted molar refractivity (Wildman–Crippen MR) is 60.7 cm³/mol. The Morgan fingerprint density at radius 2 is 2.25 bits per heavy atom. The van der Waals surface area contributed by atoms with E-state index in [0.29, 0.717) is 6.42 Å². The Kier molecular flexibility index (Phi) is 2.86. The van der Waals surface area contributed by atoms with Crippen LogP contribution in [0.15, 0.2) is 18.2 Å². The molecule has 0 aliphatic carbocycles. The highest BCUT2D eigenvalue weighted by molar-refractivity contribution is 5.85. The van der Waals surface area contributed by atoms with E-state index < -0.39 is 0 Å². The number of benzene rings is 1. The lowest BCUT2D eigenvalue weighted by atomic mass is 9.95. The molecule has 1 aliphatic rings. The summed E-state index contributed by atoms with van der Waals surface area (Å²) in [6.45, 7) is 3.77. The number of ether oxygens (including phenoxy) is 1. The van der Waals surface area contributed by atoms with E-state index in [4.69, 9.17) is 4.74 Å². The average Bonchev–Trinajstić information content (AvgIpc) is 2.27. The summed E-state index contributed by atoms with van der Waals surface area (Å²) in [5.74, 6) is 1.13. The summed E-state index contributed by atoms with van der Waals surface area (Å²) in [5.41, 5.74) is 0.979. The maximum atomic E-state index is 11.8. The monoisotopic (exact) mass is 220 g/mol. The topological polar surface area (TPSA) is 46.5 Å². The summed E-state index contributed by atoms with van der Waals surface area (Å²) in [6, 6.07) is 5.01. The molecule has 0 spiro atoms. The van der Waals surface area contributed by atoms with Gasteiger partial charge in [0.05, 0.1) is 0 Å². The van der Waals surface area contributed by atoms with Crippen LogP contribution in [0.1, 0.15) is 25.8 Å². The summed E-state index contributed by atoms with van der Waals surface area (Å²) < 4.78 is 5.65. The molecule has 0 saturated carbocycles. The molecule has 0 radical (unpaired) electrons. The minimum Gasteiger partial charge on any atom is -0.508 e. The van der Waals surface area contributed by atoms with Gasteiger partial charge in [0.2, 0.25) is 0 Å². The molecule has 1 atom stereocenters. The largest absolute Gasteiger partial charge is 0.508 e. The average molecular weight is 220 g/mol. The van der Waals surface area contributed by atoms with Crippen LogP contribution in [0.25, 0.3) is 0 Å². The summed E-state index contributed by atoms with van der Waals surface area (Å²) in [6.07, 6.45) is 1.16. The number of carbonyl (C=O) groups is 1. The van der Waals surface area contributed by atoms with Gasteiger partial charge in [-0.2, -0.15) is 0 Å². The minimum absolute atomic E-state index is 0.00339. The zero-order valence-corrected chi connectivity index (χ0v) is 9.56. The first kappa shape index (κ1) is 11.0. The minimum atomic E-state index is -0.322. The van der Waals surface area contributed by atoms with Gasteiger partial charge in [-0.3, -0.25) is 4.79 Å². The van der Waals surface area contributed by atoms with Crippen molar-refractivity contribution >= 4 is 5.78 Å². The normalized spacial score (nSPS) is 19.1. The molecule has 0 fully saturated rings. The second-order valence-electron chi connectivity index (χ2n) is 4.49. The van der Waals surface area contributed by atoms with Crippen LogP contribution in [0.4, 0.5) is 0 Å². The highest BCUT2D eigenvalue weighted by atomic mass is 16.5. The third-order valence-electron chi connectivity index (χ3n) is 2.88. The number of fused-ring (bicyclic) bond motifs is 1. The molecule has 0 aromatic heterocycles. The number of ketones is 1. The second-order valence-corrected chi connectivity index (χ2v) is 4.49. The zero-order chi connectivity index (χ0) is 11.7. The third-order valence-corrected chi connectivity index (χ3v) is 2.88. The Morgan fingerprint density at radius 1 is 1.50 bits per heavy atom. The van der Waals surface area contributed by atoms with E-state index >= 15 is 0 Å². The van der Waals surface area contributed by atoms with E-state index in [-0.39, 0.29) is 23.6 Å². The highest BCUT2D eigenvalue weighted by Gasteiger charge is 2.27. The van der Waals surface area contributed by atoms with Gasteiger partial charge in [0.1, 0.15) is 11.5 Å². The molecule has 3 nitrogen and oxygen atoms in total. The molecule has 1 heterocycles. The van der Waals surface area contributed by atoms with E-state index in [9.17, 15) is 9.90 Å². The van der Waals surface area contributed by atoms with Crippen molar-refractivity contribution in [3.8, 4) is 11.5 Å². The Labute approximate surface area is 95.0 Å². The molecule has 1 aromatic carbocycles. The van der Waals surface area contributed by atoms with Crippen molar-refractivity contribution in [1.82, 2.24) is 0 Å². The Bertz CT molecular complexity index is 410. The molecule has 1 aliphatic heterocycles. The molecule has 16 heavy (non-hydrogen) atoms. The van der Waals surface area contributed by atoms with Crippen molar-refractivity contribution in [1.29, 1.82) is 0 Å². The number of hydrogen-bond donors (Lipinski definition) is 1. The fourth-order valence-electron chi connectivity index (χ4n) is 1.95. The second kappa shape index (κ2) is 4.16. The van der Waals surface area contributed by atoms with Gasteiger partial charge in [0.25, 0.3) is 0 Å². The van der Waals surface area contributed by atoms with Gasteiger partial charge in [-0.1, -0.05) is 13.8 Å². The number of aromatic hydroxyl groups is 1. The summed E-state index contributed by atoms with van der Waals surface area (Å²) >= 11 is 0. The van der Waals surface area contributed by atoms with Crippen LogP contribution in [0.5, 0.6) is 11.5 Å². The van der Waals surface area contributed by atoms with Crippen LogP contribution in [0.2, 0.25) is 0 Å². The van der Waals surface area contributed by atoms with Crippen molar-refractivity contribution in [2.24, 2.45) is 5.92 Å². The van der Waals surface area contributed by atoms with Crippen molar-refractivity contribution in [2.45, 2.75) is 32.8 Å². The lowest BCUT2D eigenvalue weighted by Gasteiger charge is -2.26. The van der Waals surface area contributed by atoms with Gasteiger partial charge < -0.3 is 9.84 Å². The van der Waals surface area contributed by atoms with Gasteiger partial charge in [0, 0.05) is 5.92 Å². The number of rotatable bonds is 2. The molecule has 2 rings (SSSR count). The number of hydrogen-bond acceptors (Lipinski definition) is 3. The third kappa shape index (κ3) is 2.03. The van der Waals surface area contributed by atoms with Crippen molar-refractivity contribution in [2.75, 3.05) is 0 Å². The lowest BCUT2D eigenvalue weighted by molar-refractivity contribution is -0.129. The van der Waals surface area contributed by atoms with E-state index in [2.05, 4.69) is 0 Å². The summed E-state index contributed by atoms with van der Waals surface area (Å²) in [7, 11) is 0. The fraction of sp³-hybridized carbons (Fsp3) is 0.462. The maximum Gasteiger partial charge on any atom is 0.175 e. The highest BCUT2D eigenvalue weighted by Crippen LogP contribution is 2.31. The fourth-order valence-corrected chi connectivity index (χ4v) is 1.95. The van der Waals surface area contributed by atoms with Gasteiger partial charge in [-0.05, 0) is 36.6 Å². The molecule has 1 aromatic rings. The van der Waals surface area contributed by atoms with Crippen molar-refractivity contribution < 1.29 is 14.6 Å². The molecule has 1 unspecified atom stereocenters. The van der Waals surface area contributed by atoms with Crippen LogP contribution in [0, 0.1) is 5.92 Å². The van der Waals surface area contributed by atoms with Gasteiger partial charge in [-0.15, -0.1) is 0 Å². The van der Waals surface area contributed by atoms with Crippen molar-refractivity contribution in [3.63, 3.8) is 0 Å². The first-order chi connectivity index (χ1) is 7.58. The molecule has 86 valence electrons. The first-order valence-electron chi connectivity index (χ1n) is 5.60. The molecule has 0 bridgehead atoms. The standard InChI is InChI=1S/C13H16O3/c1-8(2)13(15)12-5-3-9-7-10(14)4-6-11(9)16-12/h4,6-8,12,14H,3,5H2,1-2H3. The molecule has 0 saturated heterocycles. The Balaban J connectivity index is 2.18. The predicted octanol–water partition coefficient (Wildman–Crippen LogP) is 2.31. The van der Waals surface area contributed by atoms with Gasteiger partial charge in [0.15, 0.2) is 11.9 Å². The maximum absolute atomic E-state index is 11.8. The van der Waals surface area contributed by atoms with Crippen LogP contribution in [-0.4, -0.2) is 17.0 Å². The van der Waals surface area contributed by atoms with Crippen LogP contribution in [0.3, 0.4) is 0 Å². The molecule has 1 N–H and O–H groups in total. The van der Waals surface area contributed by atoms with E-state index in [1.54, 1.807) is 18.2 Å². The van der Waals surface area contributed by atoms with Crippen LogP contribution >= 0.6 is 0 Å². The molecular formula is C13H16O3. The van der Waals surface area contributed by atoms with Gasteiger partial charge in [-0.25, -0.2) is 0 Å². The number of carbonyl (C=O) groups excluding carboxylic acids is 1. The summed E-state index contributed by atoms with van der Waals surface area (Å²) in [5, 5.41) is 9.33. The molecular weight excluding hydrogens is 204 g/mol. The van der Waals surface area contributed by atoms with Crippen LogP contribution < -0.4 is 4.74 Å². The van der Waals surface area contributed by atoms with Crippen molar-refractivity contribution in [3.05, 3.63) is 23.8 Å². The Morgan fingerprint density at radius 3 is 2.94 bits per heavy atom. The number of aryl methyl sites for hydroxylation is 1. The number of Topliss-reactive ketones (excluding diaryl/α,β-unsaturated/α-hetero) is 1. The smallest absolute Gasteiger partial charge is 0.175 e. The molecule has 0 amide bonds. The summed E-state index contributed by atoms with van der Waals surface area (Å²) in [4.78, 5) is 11.8. The van der Waals surface area contributed by atoms with E-state index in [1.807, 2.05) is 13.8 Å². The number of phenols is 1. The number of phenolic OH excluding ortho intramolecular Hbond substituents is 1. The lowest BCUT2D eigenvalue weighted by Crippen LogP contribution is -2.34. The first-order valence-corrected chi connectivity index (χ1v) is 5.60. The zero-order valence-electron chi connectivity index (χ0n) is 9.56. The SMILES string of the molecule is CC(C)C(=O)C1CCc2cc(O)ccc2O1. The quantitative estimate of drug-likeness (QED) is 0.832. The van der Waals surface area contributed by atoms with Gasteiger partial charge >= 0.3 is 0 Å². The van der Waals surface area contributed by atoms with E-state index in [1.165, 1.54) is 0 Å². The molecule has 3 heteroatoms.